The summed E-state index contributed by atoms with van der Waals surface area (Å²) in [6, 6.07) is 3.12. The number of carbonyl (C=O) groups is 3. The minimum atomic E-state index is -1.03. The number of aromatic nitrogens is 1. The van der Waals surface area contributed by atoms with Crippen LogP contribution in [0.15, 0.2) is 18.3 Å². The highest BCUT2D eigenvalue weighted by Crippen LogP contribution is 2.06. The van der Waals surface area contributed by atoms with Gasteiger partial charge in [-0.15, -0.1) is 0 Å². The average Bonchev–Trinajstić information content (AvgIpc) is 2.74. The molecule has 0 spiro atoms. The first kappa shape index (κ1) is 14.7. The molecule has 0 atom stereocenters. The minimum Gasteiger partial charge on any atom is -0.480 e. The fraction of sp³-hybridized carbons (Fsp3) is 0.417. The summed E-state index contributed by atoms with van der Waals surface area (Å²) in [6.45, 7) is -0.340. The van der Waals surface area contributed by atoms with Crippen LogP contribution in [0.1, 0.15) is 10.5 Å². The molecule has 19 heavy (non-hydrogen) atoms. The van der Waals surface area contributed by atoms with Gasteiger partial charge in [-0.25, -0.2) is 0 Å². The topological polar surface area (TPSA) is 82.9 Å². The molecule has 1 heterocycles. The number of carboxylic acid groups (broad SMARTS) is 1. The fourth-order valence-corrected chi connectivity index (χ4v) is 1.50. The van der Waals surface area contributed by atoms with Crippen LogP contribution in [0.5, 0.6) is 0 Å². The van der Waals surface area contributed by atoms with Crippen molar-refractivity contribution in [1.82, 2.24) is 14.4 Å². The molecule has 2 amide bonds. The second-order valence-electron chi connectivity index (χ2n) is 4.36. The van der Waals surface area contributed by atoms with Crippen molar-refractivity contribution < 1.29 is 19.5 Å². The molecule has 0 saturated heterocycles. The predicted molar refractivity (Wildman–Crippen MR) is 67.7 cm³/mol. The minimum absolute atomic E-state index is 0.0515. The van der Waals surface area contributed by atoms with Gasteiger partial charge < -0.3 is 19.5 Å². The van der Waals surface area contributed by atoms with E-state index in [-0.39, 0.29) is 30.6 Å². The number of hydrogen-bond acceptors (Lipinski definition) is 3. The molecule has 1 rings (SSSR count). The zero-order valence-electron chi connectivity index (χ0n) is 11.2. The molecule has 104 valence electrons. The summed E-state index contributed by atoms with van der Waals surface area (Å²) in [6.07, 6.45) is 1.52. The Bertz CT molecular complexity index is 493. The van der Waals surface area contributed by atoms with Crippen LogP contribution in [0.3, 0.4) is 0 Å². The van der Waals surface area contributed by atoms with Crippen LogP contribution in [-0.2, 0) is 16.1 Å². The van der Waals surface area contributed by atoms with Gasteiger partial charge in [-0.1, -0.05) is 0 Å². The maximum absolute atomic E-state index is 12.1. The Kier molecular flexibility index (Phi) is 4.68. The van der Waals surface area contributed by atoms with Crippen LogP contribution in [-0.4, -0.2) is 64.9 Å². The first-order valence-corrected chi connectivity index (χ1v) is 5.65. The van der Waals surface area contributed by atoms with Crippen molar-refractivity contribution in [2.75, 3.05) is 27.7 Å². The van der Waals surface area contributed by atoms with E-state index in [1.165, 1.54) is 33.7 Å². The first-order chi connectivity index (χ1) is 8.82. The standard InChI is InChI=1S/C12H17N3O4/c1-13(2)10(16)7-14(3)12(19)9-5-4-6-15(9)8-11(17)18/h4-6H,7-8H2,1-3H3,(H,17,18). The number of rotatable bonds is 5. The van der Waals surface area contributed by atoms with Gasteiger partial charge >= 0.3 is 5.97 Å². The van der Waals surface area contributed by atoms with Crippen LogP contribution >= 0.6 is 0 Å². The molecule has 0 saturated carbocycles. The Morgan fingerprint density at radius 1 is 1.26 bits per heavy atom. The number of likely N-dealkylation sites (N-methyl/N-ethyl adjacent to an activating group) is 2. The lowest BCUT2D eigenvalue weighted by Crippen LogP contribution is -2.38. The van der Waals surface area contributed by atoms with Gasteiger partial charge in [0.2, 0.25) is 5.91 Å². The number of hydrogen-bond donors (Lipinski definition) is 1. The van der Waals surface area contributed by atoms with Crippen molar-refractivity contribution in [3.8, 4) is 0 Å². The lowest BCUT2D eigenvalue weighted by Gasteiger charge is -2.19. The third-order valence-corrected chi connectivity index (χ3v) is 2.57. The molecule has 0 unspecified atom stereocenters. The van der Waals surface area contributed by atoms with Crippen molar-refractivity contribution in [2.24, 2.45) is 0 Å². The Morgan fingerprint density at radius 3 is 2.42 bits per heavy atom. The quantitative estimate of drug-likeness (QED) is 0.796. The largest absolute Gasteiger partial charge is 0.480 e. The molecule has 7 heteroatoms. The van der Waals surface area contributed by atoms with Crippen molar-refractivity contribution in [1.29, 1.82) is 0 Å². The Hall–Kier alpha value is -2.31. The van der Waals surface area contributed by atoms with Crippen LogP contribution in [0.2, 0.25) is 0 Å². The SMILES string of the molecule is CN(C)C(=O)CN(C)C(=O)c1cccn1CC(=O)O. The smallest absolute Gasteiger partial charge is 0.323 e. The molecular weight excluding hydrogens is 250 g/mol. The second kappa shape index (κ2) is 6.03. The summed E-state index contributed by atoms with van der Waals surface area (Å²) in [5.41, 5.74) is 0.247. The summed E-state index contributed by atoms with van der Waals surface area (Å²) < 4.78 is 1.33. The van der Waals surface area contributed by atoms with E-state index in [2.05, 4.69) is 0 Å². The van der Waals surface area contributed by atoms with E-state index in [0.717, 1.165) is 0 Å². The van der Waals surface area contributed by atoms with Crippen molar-refractivity contribution in [2.45, 2.75) is 6.54 Å². The first-order valence-electron chi connectivity index (χ1n) is 5.65. The normalized spacial score (nSPS) is 10.1. The zero-order chi connectivity index (χ0) is 14.6. The van der Waals surface area contributed by atoms with Crippen LogP contribution in [0.25, 0.3) is 0 Å². The summed E-state index contributed by atoms with van der Waals surface area (Å²) in [5.74, 6) is -1.62. The predicted octanol–water partition coefficient (Wildman–Crippen LogP) is -0.267. The van der Waals surface area contributed by atoms with Gasteiger partial charge in [-0.2, -0.15) is 0 Å². The van der Waals surface area contributed by atoms with Crippen molar-refractivity contribution in [3.63, 3.8) is 0 Å². The van der Waals surface area contributed by atoms with Crippen LogP contribution in [0, 0.1) is 0 Å². The van der Waals surface area contributed by atoms with E-state index < -0.39 is 5.97 Å². The van der Waals surface area contributed by atoms with Gasteiger partial charge in [0.05, 0.1) is 6.54 Å². The highest BCUT2D eigenvalue weighted by Gasteiger charge is 2.19. The highest BCUT2D eigenvalue weighted by atomic mass is 16.4. The van der Waals surface area contributed by atoms with Gasteiger partial charge in [0.1, 0.15) is 12.2 Å². The monoisotopic (exact) mass is 267 g/mol. The van der Waals surface area contributed by atoms with E-state index in [4.69, 9.17) is 5.11 Å². The molecule has 1 aromatic heterocycles. The van der Waals surface area contributed by atoms with Gasteiger partial charge in [-0.3, -0.25) is 14.4 Å². The maximum atomic E-state index is 12.1. The molecule has 0 aromatic carbocycles. The second-order valence-corrected chi connectivity index (χ2v) is 4.36. The third kappa shape index (κ3) is 3.84. The van der Waals surface area contributed by atoms with E-state index in [0.29, 0.717) is 0 Å². The Balaban J connectivity index is 2.80. The van der Waals surface area contributed by atoms with Gasteiger partial charge in [-0.05, 0) is 12.1 Å². The molecule has 7 nitrogen and oxygen atoms in total. The molecule has 1 aromatic rings. The number of carbonyl (C=O) groups excluding carboxylic acids is 2. The molecule has 0 fully saturated rings. The number of nitrogens with zero attached hydrogens (tertiary/aromatic N) is 3. The number of carboxylic acids is 1. The molecule has 0 aliphatic heterocycles. The van der Waals surface area contributed by atoms with Gasteiger partial charge in [0, 0.05) is 27.3 Å². The molecular formula is C12H17N3O4. The van der Waals surface area contributed by atoms with Gasteiger partial charge in [0.15, 0.2) is 0 Å². The maximum Gasteiger partial charge on any atom is 0.323 e. The van der Waals surface area contributed by atoms with E-state index >= 15 is 0 Å². The molecule has 0 aliphatic rings. The lowest BCUT2D eigenvalue weighted by molar-refractivity contribution is -0.137. The molecule has 0 radical (unpaired) electrons. The number of amides is 2. The highest BCUT2D eigenvalue weighted by molar-refractivity contribution is 5.95. The van der Waals surface area contributed by atoms with Crippen LogP contribution in [0.4, 0.5) is 0 Å². The average molecular weight is 267 g/mol. The molecule has 1 N–H and O–H groups in total. The van der Waals surface area contributed by atoms with E-state index in [1.54, 1.807) is 20.2 Å². The van der Waals surface area contributed by atoms with Crippen molar-refractivity contribution in [3.05, 3.63) is 24.0 Å². The Labute approximate surface area is 111 Å². The summed E-state index contributed by atoms with van der Waals surface area (Å²) >= 11 is 0. The molecule has 0 bridgehead atoms. The summed E-state index contributed by atoms with van der Waals surface area (Å²) in [5, 5.41) is 8.74. The van der Waals surface area contributed by atoms with E-state index in [1.807, 2.05) is 0 Å². The van der Waals surface area contributed by atoms with Crippen LogP contribution < -0.4 is 0 Å². The van der Waals surface area contributed by atoms with E-state index in [9.17, 15) is 14.4 Å². The fourth-order valence-electron chi connectivity index (χ4n) is 1.50. The third-order valence-electron chi connectivity index (χ3n) is 2.57. The van der Waals surface area contributed by atoms with Crippen molar-refractivity contribution >= 4 is 17.8 Å². The molecule has 0 aliphatic carbocycles. The summed E-state index contributed by atoms with van der Waals surface area (Å²) in [7, 11) is 4.71. The number of aliphatic carboxylic acids is 1. The summed E-state index contributed by atoms with van der Waals surface area (Å²) in [4.78, 5) is 36.9. The van der Waals surface area contributed by atoms with Gasteiger partial charge in [0.25, 0.3) is 5.91 Å². The Morgan fingerprint density at radius 2 is 1.89 bits per heavy atom. The zero-order valence-corrected chi connectivity index (χ0v) is 11.2. The lowest BCUT2D eigenvalue weighted by atomic mass is 10.3.